The maximum atomic E-state index is 6.14. The Morgan fingerprint density at radius 2 is 2.25 bits per heavy atom. The smallest absolute Gasteiger partial charge is 0.216 e. The summed E-state index contributed by atoms with van der Waals surface area (Å²) in [6.45, 7) is 0. The van der Waals surface area contributed by atoms with Crippen LogP contribution in [0.1, 0.15) is 0 Å². The molecule has 0 saturated carbocycles. The van der Waals surface area contributed by atoms with Gasteiger partial charge in [-0.3, -0.25) is 0 Å². The molecule has 0 aliphatic carbocycles. The second-order valence-electron chi connectivity index (χ2n) is 0.360. The molecule has 0 saturated heterocycles. The van der Waals surface area contributed by atoms with Crippen molar-refractivity contribution in [2.24, 2.45) is 0 Å². The van der Waals surface area contributed by atoms with Gasteiger partial charge in [0, 0.05) is 0 Å². The van der Waals surface area contributed by atoms with E-state index in [1.807, 2.05) is 0 Å². The standard InChI is InChI=1S/H5OP3/c1-4(2)3/h1H,2-3H2/i1D. The van der Waals surface area contributed by atoms with Gasteiger partial charge in [0.2, 0.25) is 1.43 Å². The Balaban J connectivity index is 2.54. The minimum Gasteiger partial charge on any atom is -0.366 e. The van der Waals surface area contributed by atoms with Crippen LogP contribution in [0.2, 0.25) is 0 Å². The summed E-state index contributed by atoms with van der Waals surface area (Å²) in [6, 6.07) is 0. The normalized spacial score (nSPS) is 12.2. The van der Waals surface area contributed by atoms with Gasteiger partial charge in [-0.1, -0.05) is 17.9 Å². The third-order valence-corrected chi connectivity index (χ3v) is 0. The Bertz CT molecular complexity index is 20.9. The Hall–Kier alpha value is 1.25. The number of hydrogen-bond donors (Lipinski definition) is 1. The lowest BCUT2D eigenvalue weighted by Gasteiger charge is -1.80. The van der Waals surface area contributed by atoms with Gasteiger partial charge in [-0.05, 0) is 0 Å². The maximum Gasteiger partial charge on any atom is 0.216 e. The van der Waals surface area contributed by atoms with Crippen LogP contribution >= 0.6 is 25.4 Å². The molecule has 1 nitrogen and oxygen atoms in total. The topological polar surface area (TPSA) is 20.2 Å². The Morgan fingerprint density at radius 1 is 2.00 bits per heavy atom. The van der Waals surface area contributed by atoms with Crippen LogP contribution in [0.3, 0.4) is 0 Å². The molecule has 0 aromatic heterocycles. The highest BCUT2D eigenvalue weighted by atomic mass is 32.4. The summed E-state index contributed by atoms with van der Waals surface area (Å²) in [5.41, 5.74) is 0. The van der Waals surface area contributed by atoms with E-state index in [4.69, 9.17) is 1.43 Å². The Kier molecular flexibility index (Phi) is 2.14. The molecule has 2 atom stereocenters. The minimum absolute atomic E-state index is 0.598. The van der Waals surface area contributed by atoms with Crippen LogP contribution in [0.4, 0.5) is 0 Å². The summed E-state index contributed by atoms with van der Waals surface area (Å²) in [6.07, 6.45) is 0. The molecule has 4 heavy (non-hydrogen) atoms. The lowest BCUT2D eigenvalue weighted by Crippen LogP contribution is -1.20. The van der Waals surface area contributed by atoms with Gasteiger partial charge in [-0.15, -0.1) is 0 Å². The monoisotopic (exact) mass is 115 g/mol. The van der Waals surface area contributed by atoms with Gasteiger partial charge < -0.3 is 4.90 Å². The van der Waals surface area contributed by atoms with Crippen molar-refractivity contribution in [1.82, 2.24) is 0 Å². The van der Waals surface area contributed by atoms with E-state index >= 15 is 0 Å². The molecule has 0 radical (unpaired) electrons. The quantitative estimate of drug-likeness (QED) is 0.504. The van der Waals surface area contributed by atoms with Gasteiger partial charge in [0.1, 0.15) is 0 Å². The van der Waals surface area contributed by atoms with Gasteiger partial charge in [0.25, 0.3) is 0 Å². The summed E-state index contributed by atoms with van der Waals surface area (Å²) < 4.78 is 6.14. The first-order valence-corrected chi connectivity index (χ1v) is 5.20. The molecule has 0 fully saturated rings. The summed E-state index contributed by atoms with van der Waals surface area (Å²) in [5.74, 6) is 0. The van der Waals surface area contributed by atoms with E-state index < -0.39 is 7.53 Å². The first-order chi connectivity index (χ1) is 2.27. The highest BCUT2D eigenvalue weighted by Crippen LogP contribution is 2.47. The summed E-state index contributed by atoms with van der Waals surface area (Å²) in [7, 11) is 4.11. The van der Waals surface area contributed by atoms with Crippen molar-refractivity contribution < 1.29 is 4.90 Å². The lowest BCUT2D eigenvalue weighted by molar-refractivity contribution is 0.656. The van der Waals surface area contributed by atoms with Crippen molar-refractivity contribution in [2.75, 3.05) is 0 Å². The fourth-order valence-corrected chi connectivity index (χ4v) is 0. The Morgan fingerprint density at radius 3 is 2.25 bits per heavy atom. The molecule has 4 heteroatoms. The Labute approximate surface area is 32.7 Å². The summed E-state index contributed by atoms with van der Waals surface area (Å²) in [5, 5.41) is 0. The second-order valence-corrected chi connectivity index (χ2v) is 5.92. The lowest BCUT2D eigenvalue weighted by atomic mass is 15.9. The summed E-state index contributed by atoms with van der Waals surface area (Å²) in [4.78, 5) is 3.99. The average Bonchev–Trinajstić information content (AvgIpc) is 1.38. The van der Waals surface area contributed by atoms with Crippen molar-refractivity contribution >= 4 is 25.4 Å². The zero-order chi connectivity index (χ0) is 4.28. The molecule has 26 valence electrons. The van der Waals surface area contributed by atoms with Crippen LogP contribution in [0.15, 0.2) is 0 Å². The first-order valence-electron chi connectivity index (χ1n) is 1.11. The van der Waals surface area contributed by atoms with E-state index in [1.54, 1.807) is 0 Å². The van der Waals surface area contributed by atoms with Crippen molar-refractivity contribution in [3.05, 3.63) is 0 Å². The molecule has 0 bridgehead atoms. The van der Waals surface area contributed by atoms with Gasteiger partial charge in [-0.2, -0.15) is 0 Å². The predicted octanol–water partition coefficient (Wildman–Crippen LogP) is 0.956. The SMILES string of the molecule is [2H]OP(P)P. The molecule has 0 amide bonds. The van der Waals surface area contributed by atoms with E-state index in [1.165, 1.54) is 0 Å². The van der Waals surface area contributed by atoms with Gasteiger partial charge in [0.15, 0.2) is 0 Å². The van der Waals surface area contributed by atoms with Crippen LogP contribution < -0.4 is 0 Å². The number of rotatable bonds is 1. The van der Waals surface area contributed by atoms with Crippen molar-refractivity contribution in [3.8, 4) is 0 Å². The van der Waals surface area contributed by atoms with Crippen molar-refractivity contribution in [1.29, 1.82) is 1.43 Å². The molecule has 0 aliphatic heterocycles. The van der Waals surface area contributed by atoms with Gasteiger partial charge >= 0.3 is 0 Å². The van der Waals surface area contributed by atoms with Crippen LogP contribution in [-0.4, -0.2) is 6.33 Å². The molecule has 0 aromatic rings. The highest BCUT2D eigenvalue weighted by molar-refractivity contribution is 8.40. The molecular weight excluding hydrogens is 109 g/mol. The number of hydrogen-bond acceptors (Lipinski definition) is 1. The molecule has 2 unspecified atom stereocenters. The van der Waals surface area contributed by atoms with E-state index in [9.17, 15) is 0 Å². The van der Waals surface area contributed by atoms with Crippen molar-refractivity contribution in [2.45, 2.75) is 0 Å². The molecule has 0 rings (SSSR count). The zero-order valence-corrected chi connectivity index (χ0v) is 5.21. The van der Waals surface area contributed by atoms with Crippen molar-refractivity contribution in [3.63, 3.8) is 0 Å². The van der Waals surface area contributed by atoms with E-state index in [-0.39, 0.29) is 0 Å². The first kappa shape index (κ1) is 3.44. The van der Waals surface area contributed by atoms with Crippen LogP contribution in [-0.2, 0) is 0 Å². The van der Waals surface area contributed by atoms with E-state index in [0.29, 0.717) is 0 Å². The van der Waals surface area contributed by atoms with E-state index in [2.05, 4.69) is 22.8 Å². The molecular formula is H5OP3. The van der Waals surface area contributed by atoms with Crippen LogP contribution in [0.5, 0.6) is 0 Å². The average molecular weight is 115 g/mol. The highest BCUT2D eigenvalue weighted by Gasteiger charge is 1.68. The molecule has 1 N–H and O–H groups in total. The summed E-state index contributed by atoms with van der Waals surface area (Å²) >= 11 is 0. The van der Waals surface area contributed by atoms with E-state index in [0.717, 1.165) is 0 Å². The second kappa shape index (κ2) is 2.49. The van der Waals surface area contributed by atoms with Crippen LogP contribution in [0, 0.1) is 0 Å². The fraction of sp³-hybridized carbons (Fsp3) is 0. The van der Waals surface area contributed by atoms with Gasteiger partial charge in [0.05, 0.1) is 7.53 Å². The molecule has 0 heterocycles. The third-order valence-electron chi connectivity index (χ3n) is 0. The molecule has 0 spiro atoms. The third kappa shape index (κ3) is 10.5. The predicted molar refractivity (Wildman–Crippen MR) is 28.6 cm³/mol. The zero-order valence-electron chi connectivity index (χ0n) is 3.01. The largest absolute Gasteiger partial charge is 0.366 e. The van der Waals surface area contributed by atoms with Gasteiger partial charge in [-0.25, -0.2) is 0 Å². The maximum absolute atomic E-state index is 6.14. The molecule has 0 aliphatic rings. The van der Waals surface area contributed by atoms with Crippen LogP contribution in [0.25, 0.3) is 0 Å². The fourth-order valence-electron chi connectivity index (χ4n) is 0. The molecule has 0 aromatic carbocycles. The minimum atomic E-state index is -0.598.